The number of aryl methyl sites for hydroxylation is 2. The maximum Gasteiger partial charge on any atom is 0.337 e. The molecular weight excluding hydrogens is 364 g/mol. The van der Waals surface area contributed by atoms with Gasteiger partial charge in [0.25, 0.3) is 0 Å². The molecule has 0 radical (unpaired) electrons. The molecule has 0 aliphatic rings. The number of carbonyl (C=O) groups is 1. The number of carboxylic acids is 1. The predicted octanol–water partition coefficient (Wildman–Crippen LogP) is 4.63. The van der Waals surface area contributed by atoms with Crippen LogP contribution in [0.15, 0.2) is 42.7 Å². The van der Waals surface area contributed by atoms with Crippen molar-refractivity contribution in [1.29, 1.82) is 0 Å². The fraction of sp³-hybridized carbons (Fsp3) is 0.391. The SMILES string of the molecule is CCCn1nc(CCC(C)C)nc1Cc1ccc(-c2ccncc2C(=O)O)cc1. The quantitative estimate of drug-likeness (QED) is 0.574. The van der Waals surface area contributed by atoms with Gasteiger partial charge in [-0.15, -0.1) is 0 Å². The van der Waals surface area contributed by atoms with Crippen molar-refractivity contribution in [2.45, 2.75) is 53.0 Å². The normalized spacial score (nSPS) is 11.2. The van der Waals surface area contributed by atoms with Gasteiger partial charge in [-0.3, -0.25) is 4.98 Å². The van der Waals surface area contributed by atoms with Crippen molar-refractivity contribution in [3.8, 4) is 11.1 Å². The van der Waals surface area contributed by atoms with Crippen LogP contribution >= 0.6 is 0 Å². The summed E-state index contributed by atoms with van der Waals surface area (Å²) >= 11 is 0. The lowest BCUT2D eigenvalue weighted by atomic mass is 10.00. The third kappa shape index (κ3) is 5.28. The number of aromatic nitrogens is 4. The van der Waals surface area contributed by atoms with E-state index in [9.17, 15) is 9.90 Å². The van der Waals surface area contributed by atoms with Crippen molar-refractivity contribution in [3.63, 3.8) is 0 Å². The average Bonchev–Trinajstić information content (AvgIpc) is 3.08. The average molecular weight is 393 g/mol. The second-order valence-corrected chi connectivity index (χ2v) is 7.70. The number of rotatable bonds is 9. The number of hydrogen-bond donors (Lipinski definition) is 1. The zero-order valence-corrected chi connectivity index (χ0v) is 17.3. The van der Waals surface area contributed by atoms with Gasteiger partial charge in [-0.1, -0.05) is 45.0 Å². The van der Waals surface area contributed by atoms with Gasteiger partial charge in [0, 0.05) is 31.8 Å². The summed E-state index contributed by atoms with van der Waals surface area (Å²) in [6, 6.07) is 9.70. The van der Waals surface area contributed by atoms with Crippen molar-refractivity contribution < 1.29 is 9.90 Å². The van der Waals surface area contributed by atoms with Crippen LogP contribution < -0.4 is 0 Å². The highest BCUT2D eigenvalue weighted by Gasteiger charge is 2.13. The third-order valence-corrected chi connectivity index (χ3v) is 4.85. The molecule has 0 unspecified atom stereocenters. The van der Waals surface area contributed by atoms with Crippen LogP contribution in [0, 0.1) is 5.92 Å². The molecule has 1 N–H and O–H groups in total. The summed E-state index contributed by atoms with van der Waals surface area (Å²) < 4.78 is 2.02. The van der Waals surface area contributed by atoms with Crippen LogP contribution in [0.25, 0.3) is 11.1 Å². The lowest BCUT2D eigenvalue weighted by molar-refractivity contribution is 0.0697. The van der Waals surface area contributed by atoms with Crippen molar-refractivity contribution in [1.82, 2.24) is 19.7 Å². The van der Waals surface area contributed by atoms with Crippen LogP contribution in [0.2, 0.25) is 0 Å². The molecule has 0 fully saturated rings. The van der Waals surface area contributed by atoms with E-state index in [1.807, 2.05) is 28.9 Å². The van der Waals surface area contributed by atoms with E-state index in [4.69, 9.17) is 10.1 Å². The van der Waals surface area contributed by atoms with E-state index in [1.54, 1.807) is 12.3 Å². The molecule has 152 valence electrons. The van der Waals surface area contributed by atoms with Crippen LogP contribution in [-0.4, -0.2) is 30.8 Å². The van der Waals surface area contributed by atoms with Gasteiger partial charge in [-0.25, -0.2) is 14.5 Å². The molecule has 29 heavy (non-hydrogen) atoms. The van der Waals surface area contributed by atoms with Gasteiger partial charge in [-0.05, 0) is 41.5 Å². The fourth-order valence-corrected chi connectivity index (χ4v) is 3.27. The molecule has 6 heteroatoms. The monoisotopic (exact) mass is 392 g/mol. The molecule has 0 saturated carbocycles. The highest BCUT2D eigenvalue weighted by Crippen LogP contribution is 2.24. The second-order valence-electron chi connectivity index (χ2n) is 7.70. The number of carboxylic acid groups (broad SMARTS) is 1. The first-order valence-corrected chi connectivity index (χ1v) is 10.2. The van der Waals surface area contributed by atoms with E-state index >= 15 is 0 Å². The molecule has 3 rings (SSSR count). The molecule has 2 aromatic heterocycles. The predicted molar refractivity (Wildman–Crippen MR) is 113 cm³/mol. The minimum absolute atomic E-state index is 0.206. The molecule has 2 heterocycles. The Hall–Kier alpha value is -3.02. The van der Waals surface area contributed by atoms with Crippen molar-refractivity contribution in [3.05, 3.63) is 65.5 Å². The number of hydrogen-bond acceptors (Lipinski definition) is 4. The molecule has 0 aliphatic heterocycles. The lowest BCUT2D eigenvalue weighted by Crippen LogP contribution is -2.06. The number of pyridine rings is 1. The summed E-state index contributed by atoms with van der Waals surface area (Å²) in [5.74, 6) is 1.56. The van der Waals surface area contributed by atoms with Crippen LogP contribution in [0.4, 0.5) is 0 Å². The molecule has 0 spiro atoms. The van der Waals surface area contributed by atoms with Crippen LogP contribution in [-0.2, 0) is 19.4 Å². The van der Waals surface area contributed by atoms with Gasteiger partial charge < -0.3 is 5.11 Å². The lowest BCUT2D eigenvalue weighted by Gasteiger charge is -2.08. The van der Waals surface area contributed by atoms with Gasteiger partial charge in [-0.2, -0.15) is 5.10 Å². The number of benzene rings is 1. The van der Waals surface area contributed by atoms with Crippen LogP contribution in [0.3, 0.4) is 0 Å². The molecule has 1 aromatic carbocycles. The Balaban J connectivity index is 1.80. The summed E-state index contributed by atoms with van der Waals surface area (Å²) in [4.78, 5) is 20.1. The van der Waals surface area contributed by atoms with E-state index in [0.29, 0.717) is 17.9 Å². The summed E-state index contributed by atoms with van der Waals surface area (Å²) in [6.45, 7) is 7.43. The third-order valence-electron chi connectivity index (χ3n) is 4.85. The van der Waals surface area contributed by atoms with Crippen molar-refractivity contribution in [2.75, 3.05) is 0 Å². The number of nitrogens with zero attached hydrogens (tertiary/aromatic N) is 4. The zero-order chi connectivity index (χ0) is 20.8. The first kappa shape index (κ1) is 20.7. The highest BCUT2D eigenvalue weighted by atomic mass is 16.4. The van der Waals surface area contributed by atoms with Crippen LogP contribution in [0.5, 0.6) is 0 Å². The van der Waals surface area contributed by atoms with E-state index in [2.05, 4.69) is 25.8 Å². The van der Waals surface area contributed by atoms with Crippen molar-refractivity contribution >= 4 is 5.97 Å². The maximum atomic E-state index is 11.4. The van der Waals surface area contributed by atoms with E-state index in [-0.39, 0.29) is 5.56 Å². The Bertz CT molecular complexity index is 961. The largest absolute Gasteiger partial charge is 0.478 e. The minimum Gasteiger partial charge on any atom is -0.478 e. The van der Waals surface area contributed by atoms with Gasteiger partial charge in [0.15, 0.2) is 5.82 Å². The Morgan fingerprint density at radius 3 is 2.59 bits per heavy atom. The minimum atomic E-state index is -0.973. The van der Waals surface area contributed by atoms with Gasteiger partial charge >= 0.3 is 5.97 Å². The van der Waals surface area contributed by atoms with E-state index in [0.717, 1.165) is 48.6 Å². The first-order valence-electron chi connectivity index (χ1n) is 10.2. The fourth-order valence-electron chi connectivity index (χ4n) is 3.27. The molecule has 3 aromatic rings. The van der Waals surface area contributed by atoms with Gasteiger partial charge in [0.2, 0.25) is 0 Å². The standard InChI is InChI=1S/C23H28N4O2/c1-4-13-27-22(25-21(26-27)10-5-16(2)3)14-17-6-8-18(9-7-17)19-11-12-24-15-20(19)23(28)29/h6-9,11-12,15-16H,4-5,10,13-14H2,1-3H3,(H,28,29). The molecule has 0 atom stereocenters. The molecule has 6 nitrogen and oxygen atoms in total. The van der Waals surface area contributed by atoms with Gasteiger partial charge in [0.05, 0.1) is 5.56 Å². The highest BCUT2D eigenvalue weighted by molar-refractivity contribution is 5.95. The molecule has 0 saturated heterocycles. The summed E-state index contributed by atoms with van der Waals surface area (Å²) in [5, 5.41) is 14.1. The molecular formula is C23H28N4O2. The Morgan fingerprint density at radius 1 is 1.17 bits per heavy atom. The Kier molecular flexibility index (Phi) is 6.75. The van der Waals surface area contributed by atoms with E-state index < -0.39 is 5.97 Å². The first-order chi connectivity index (χ1) is 14.0. The maximum absolute atomic E-state index is 11.4. The molecule has 0 aliphatic carbocycles. The Morgan fingerprint density at radius 2 is 1.93 bits per heavy atom. The Labute approximate surface area is 171 Å². The van der Waals surface area contributed by atoms with Crippen LogP contribution in [0.1, 0.15) is 61.2 Å². The second kappa shape index (κ2) is 9.45. The molecule has 0 bridgehead atoms. The summed E-state index contributed by atoms with van der Waals surface area (Å²) in [7, 11) is 0. The molecule has 0 amide bonds. The zero-order valence-electron chi connectivity index (χ0n) is 17.3. The summed E-state index contributed by atoms with van der Waals surface area (Å²) in [6.07, 6.45) is 6.71. The van der Waals surface area contributed by atoms with E-state index in [1.165, 1.54) is 6.20 Å². The van der Waals surface area contributed by atoms with Crippen molar-refractivity contribution in [2.24, 2.45) is 5.92 Å². The van der Waals surface area contributed by atoms with Gasteiger partial charge in [0.1, 0.15) is 5.82 Å². The smallest absolute Gasteiger partial charge is 0.337 e. The summed E-state index contributed by atoms with van der Waals surface area (Å²) in [5.41, 5.74) is 2.86. The number of aromatic carboxylic acids is 1. The topological polar surface area (TPSA) is 80.9 Å².